The highest BCUT2D eigenvalue weighted by atomic mass is 19.1. The molecular formula is C29H40FN3O4. The number of ether oxygens (including phenoxy) is 2. The summed E-state index contributed by atoms with van der Waals surface area (Å²) in [6.45, 7) is 6.84. The molecule has 1 aromatic carbocycles. The lowest BCUT2D eigenvalue weighted by atomic mass is 10.00. The quantitative estimate of drug-likeness (QED) is 0.383. The van der Waals surface area contributed by atoms with Gasteiger partial charge in [-0.3, -0.25) is 9.69 Å². The van der Waals surface area contributed by atoms with Crippen LogP contribution in [0.25, 0.3) is 0 Å². The second kappa shape index (κ2) is 12.7. The Labute approximate surface area is 219 Å². The second-order valence-electron chi connectivity index (χ2n) is 10.2. The Morgan fingerprint density at radius 1 is 1.30 bits per heavy atom. The third-order valence-electron chi connectivity index (χ3n) is 7.54. The zero-order chi connectivity index (χ0) is 26.4. The number of nitrogens with one attached hydrogen (secondary N) is 1. The Morgan fingerprint density at radius 3 is 2.89 bits per heavy atom. The molecule has 0 spiro atoms. The number of carboxylic acids is 1. The zero-order valence-corrected chi connectivity index (χ0v) is 22.3. The fourth-order valence-electron chi connectivity index (χ4n) is 5.57. The fraction of sp³-hybridized carbons (Fsp3) is 0.586. The van der Waals surface area contributed by atoms with Crippen LogP contribution in [0.3, 0.4) is 0 Å². The summed E-state index contributed by atoms with van der Waals surface area (Å²) < 4.78 is 25.9. The van der Waals surface area contributed by atoms with Crippen molar-refractivity contribution in [2.24, 2.45) is 0 Å². The second-order valence-corrected chi connectivity index (χ2v) is 10.2. The van der Waals surface area contributed by atoms with Gasteiger partial charge in [-0.05, 0) is 86.8 Å². The number of fused-ring (bicyclic) bond motifs is 1. The molecule has 8 heteroatoms. The molecule has 2 aromatic rings. The third kappa shape index (κ3) is 6.60. The van der Waals surface area contributed by atoms with Crippen molar-refractivity contribution < 1.29 is 23.8 Å². The summed E-state index contributed by atoms with van der Waals surface area (Å²) >= 11 is 0. The number of aromatic nitrogens is 1. The molecule has 0 unspecified atom stereocenters. The molecule has 0 bridgehead atoms. The molecular weight excluding hydrogens is 473 g/mol. The van der Waals surface area contributed by atoms with Gasteiger partial charge in [0.2, 0.25) is 0 Å². The van der Waals surface area contributed by atoms with Crippen LogP contribution in [-0.4, -0.2) is 60.4 Å². The van der Waals surface area contributed by atoms with Gasteiger partial charge in [-0.15, -0.1) is 0 Å². The number of unbranched alkanes of at least 4 members (excludes halogenated alkanes) is 2. The Bertz CT molecular complexity index is 1090. The van der Waals surface area contributed by atoms with Crippen LogP contribution in [0, 0.1) is 12.7 Å². The molecule has 202 valence electrons. The number of methoxy groups -OCH3 is 1. The van der Waals surface area contributed by atoms with E-state index in [9.17, 15) is 14.3 Å². The first kappa shape index (κ1) is 27.3. The van der Waals surface area contributed by atoms with Crippen molar-refractivity contribution in [3.8, 4) is 5.75 Å². The molecule has 2 aliphatic rings. The predicted octanol–water partition coefficient (Wildman–Crippen LogP) is 5.09. The molecule has 0 amide bonds. The average molecular weight is 514 g/mol. The minimum absolute atomic E-state index is 0.00774. The summed E-state index contributed by atoms with van der Waals surface area (Å²) in [7, 11) is 1.38. The SMILES string of the molecule is CCc1cc(F)c(OC)c([C@@H](C(=O)O)N2CC[C@@H](OCCCCCc3cc(C)c4c(n3)NCCC4)C2)c1. The van der Waals surface area contributed by atoms with Gasteiger partial charge < -0.3 is 19.9 Å². The van der Waals surface area contributed by atoms with E-state index < -0.39 is 17.8 Å². The molecule has 4 rings (SSSR count). The maximum Gasteiger partial charge on any atom is 0.325 e. The maximum atomic E-state index is 14.6. The summed E-state index contributed by atoms with van der Waals surface area (Å²) in [5.41, 5.74) is 4.97. The normalized spacial score (nSPS) is 18.3. The molecule has 1 aromatic heterocycles. The number of rotatable bonds is 12. The van der Waals surface area contributed by atoms with Gasteiger partial charge in [0.05, 0.1) is 13.2 Å². The molecule has 0 saturated carbocycles. The molecule has 37 heavy (non-hydrogen) atoms. The van der Waals surface area contributed by atoms with Crippen LogP contribution in [0.1, 0.15) is 73.0 Å². The van der Waals surface area contributed by atoms with Crippen molar-refractivity contribution in [3.63, 3.8) is 0 Å². The van der Waals surface area contributed by atoms with E-state index in [2.05, 4.69) is 18.3 Å². The lowest BCUT2D eigenvalue weighted by Crippen LogP contribution is -2.34. The van der Waals surface area contributed by atoms with Crippen LogP contribution in [-0.2, 0) is 28.8 Å². The highest BCUT2D eigenvalue weighted by Gasteiger charge is 2.36. The monoisotopic (exact) mass is 513 g/mol. The first-order valence-electron chi connectivity index (χ1n) is 13.6. The molecule has 3 heterocycles. The lowest BCUT2D eigenvalue weighted by Gasteiger charge is -2.26. The van der Waals surface area contributed by atoms with Crippen molar-refractivity contribution in [2.45, 2.75) is 77.4 Å². The van der Waals surface area contributed by atoms with Gasteiger partial charge in [-0.25, -0.2) is 9.37 Å². The van der Waals surface area contributed by atoms with E-state index in [1.807, 2.05) is 11.8 Å². The van der Waals surface area contributed by atoms with Gasteiger partial charge in [0.25, 0.3) is 0 Å². The number of anilines is 1. The first-order chi connectivity index (χ1) is 17.9. The van der Waals surface area contributed by atoms with Crippen LogP contribution in [0.15, 0.2) is 18.2 Å². The summed E-state index contributed by atoms with van der Waals surface area (Å²) in [4.78, 5) is 18.9. The summed E-state index contributed by atoms with van der Waals surface area (Å²) in [6, 6.07) is 4.43. The molecule has 1 fully saturated rings. The number of halogens is 1. The number of carboxylic acid groups (broad SMARTS) is 1. The fourth-order valence-corrected chi connectivity index (χ4v) is 5.57. The van der Waals surface area contributed by atoms with Crippen LogP contribution in [0.4, 0.5) is 10.2 Å². The standard InChI is InChI=1S/C29H40FN3O4/c1-4-20-16-24(27(36-3)25(30)17-20)26(29(34)35)33-13-11-22(18-33)37-14-7-5-6-9-21-15-19(2)23-10-8-12-31-28(23)32-21/h15-17,22,26H,4-14,18H2,1-3H3,(H,31,32)(H,34,35)/t22-,26+/m1/s1. The molecule has 7 nitrogen and oxygen atoms in total. The first-order valence-corrected chi connectivity index (χ1v) is 13.6. The van der Waals surface area contributed by atoms with Gasteiger partial charge in [-0.1, -0.05) is 13.3 Å². The number of aryl methyl sites for hydroxylation is 3. The van der Waals surface area contributed by atoms with E-state index in [4.69, 9.17) is 14.5 Å². The molecule has 2 aliphatic heterocycles. The number of likely N-dealkylation sites (tertiary alicyclic amines) is 1. The van der Waals surface area contributed by atoms with Crippen LogP contribution in [0.2, 0.25) is 0 Å². The maximum absolute atomic E-state index is 14.6. The van der Waals surface area contributed by atoms with Gasteiger partial charge in [0.15, 0.2) is 11.6 Å². The summed E-state index contributed by atoms with van der Waals surface area (Å²) in [6.07, 6.45) is 7.66. The van der Waals surface area contributed by atoms with Crippen molar-refractivity contribution in [2.75, 3.05) is 38.7 Å². The van der Waals surface area contributed by atoms with E-state index in [0.29, 0.717) is 31.7 Å². The number of carbonyl (C=O) groups is 1. The Morgan fingerprint density at radius 2 is 2.14 bits per heavy atom. The zero-order valence-electron chi connectivity index (χ0n) is 22.3. The number of hydrogen-bond donors (Lipinski definition) is 2. The molecule has 0 aliphatic carbocycles. The number of hydrogen-bond acceptors (Lipinski definition) is 6. The summed E-state index contributed by atoms with van der Waals surface area (Å²) in [5.74, 6) is -0.454. The van der Waals surface area contributed by atoms with E-state index in [0.717, 1.165) is 62.1 Å². The lowest BCUT2D eigenvalue weighted by molar-refractivity contribution is -0.143. The predicted molar refractivity (Wildman–Crippen MR) is 142 cm³/mol. The van der Waals surface area contributed by atoms with E-state index in [1.165, 1.54) is 30.7 Å². The highest BCUT2D eigenvalue weighted by molar-refractivity contribution is 5.77. The van der Waals surface area contributed by atoms with Crippen molar-refractivity contribution in [1.82, 2.24) is 9.88 Å². The summed E-state index contributed by atoms with van der Waals surface area (Å²) in [5, 5.41) is 13.5. The average Bonchev–Trinajstić information content (AvgIpc) is 3.34. The van der Waals surface area contributed by atoms with Gasteiger partial charge in [0, 0.05) is 37.5 Å². The third-order valence-corrected chi connectivity index (χ3v) is 7.54. The molecule has 0 radical (unpaired) electrons. The highest BCUT2D eigenvalue weighted by Crippen LogP contribution is 2.35. The topological polar surface area (TPSA) is 83.9 Å². The van der Waals surface area contributed by atoms with Gasteiger partial charge in [0.1, 0.15) is 11.9 Å². The minimum atomic E-state index is -1.01. The molecule has 2 N–H and O–H groups in total. The molecule has 1 saturated heterocycles. The van der Waals surface area contributed by atoms with Crippen molar-refractivity contribution >= 4 is 11.8 Å². The smallest absolute Gasteiger partial charge is 0.325 e. The Balaban J connectivity index is 1.24. The van der Waals surface area contributed by atoms with Crippen LogP contribution in [0.5, 0.6) is 5.75 Å². The number of benzene rings is 1. The number of aliphatic carboxylic acids is 1. The van der Waals surface area contributed by atoms with Crippen molar-refractivity contribution in [1.29, 1.82) is 0 Å². The van der Waals surface area contributed by atoms with Crippen LogP contribution < -0.4 is 10.1 Å². The largest absolute Gasteiger partial charge is 0.493 e. The minimum Gasteiger partial charge on any atom is -0.493 e. The Hall–Kier alpha value is -2.71. The van der Waals surface area contributed by atoms with Gasteiger partial charge in [-0.2, -0.15) is 0 Å². The van der Waals surface area contributed by atoms with Gasteiger partial charge >= 0.3 is 5.97 Å². The molecule has 2 atom stereocenters. The van der Waals surface area contributed by atoms with Crippen molar-refractivity contribution in [3.05, 3.63) is 52.0 Å². The van der Waals surface area contributed by atoms with E-state index >= 15 is 0 Å². The van der Waals surface area contributed by atoms with Crippen LogP contribution >= 0.6 is 0 Å². The van der Waals surface area contributed by atoms with E-state index in [1.54, 1.807) is 6.07 Å². The van der Waals surface area contributed by atoms with E-state index in [-0.39, 0.29) is 11.9 Å². The number of pyridine rings is 1. The number of nitrogens with zero attached hydrogens (tertiary/aromatic N) is 2. The Kier molecular flexibility index (Phi) is 9.38.